The minimum Gasteiger partial charge on any atom is -0.474 e. The van der Waals surface area contributed by atoms with Crippen molar-refractivity contribution in [2.24, 2.45) is 11.8 Å². The number of benzene rings is 1. The number of rotatable bonds is 6. The topological polar surface area (TPSA) is 82.4 Å². The number of amides is 1. The Morgan fingerprint density at radius 2 is 1.72 bits per heavy atom. The second-order valence-corrected chi connectivity index (χ2v) is 11.2. The van der Waals surface area contributed by atoms with Crippen molar-refractivity contribution in [3.05, 3.63) is 82.1 Å². The first kappa shape index (κ1) is 27.2. The number of carbonyl (C=O) groups excluding carboxylic acids is 1. The normalized spacial score (nSPS) is 20.8. The monoisotopic (exact) mass is 563 g/mol. The van der Waals surface area contributed by atoms with Gasteiger partial charge in [-0.2, -0.15) is 5.26 Å². The predicted molar refractivity (Wildman–Crippen MR) is 152 cm³/mol. The molecule has 3 aromatic rings. The highest BCUT2D eigenvalue weighted by Gasteiger charge is 2.39. The molecule has 0 unspecified atom stereocenters. The van der Waals surface area contributed by atoms with Crippen molar-refractivity contribution in [1.82, 2.24) is 14.9 Å². The van der Waals surface area contributed by atoms with Crippen LogP contribution in [0.5, 0.6) is 5.88 Å². The number of ether oxygens (including phenoxy) is 1. The van der Waals surface area contributed by atoms with Crippen LogP contribution in [0, 0.1) is 23.2 Å². The number of likely N-dealkylation sites (tertiary alicyclic amines) is 1. The predicted octanol–water partition coefficient (Wildman–Crippen LogP) is 5.97. The number of nitriles is 1. The highest BCUT2D eigenvalue weighted by atomic mass is 35.5. The molecule has 1 amide bonds. The van der Waals surface area contributed by atoms with Crippen LogP contribution in [0.25, 0.3) is 0 Å². The molecule has 2 aliphatic heterocycles. The van der Waals surface area contributed by atoms with E-state index in [0.29, 0.717) is 34.6 Å². The van der Waals surface area contributed by atoms with Crippen molar-refractivity contribution in [2.45, 2.75) is 38.2 Å². The van der Waals surface area contributed by atoms with Gasteiger partial charge in [0, 0.05) is 67.4 Å². The van der Waals surface area contributed by atoms with Crippen molar-refractivity contribution < 1.29 is 9.53 Å². The second kappa shape index (κ2) is 12.2. The summed E-state index contributed by atoms with van der Waals surface area (Å²) in [5, 5.41) is 10.3. The summed E-state index contributed by atoms with van der Waals surface area (Å²) in [5.74, 6) is 1.94. The van der Waals surface area contributed by atoms with Gasteiger partial charge < -0.3 is 14.5 Å². The molecule has 0 radical (unpaired) electrons. The van der Waals surface area contributed by atoms with Gasteiger partial charge in [-0.05, 0) is 62.1 Å². The molecule has 2 aliphatic rings. The first-order valence-electron chi connectivity index (χ1n) is 13.3. The molecule has 0 saturated carbocycles. The van der Waals surface area contributed by atoms with E-state index in [1.165, 1.54) is 0 Å². The molecule has 202 valence electrons. The Kier molecular flexibility index (Phi) is 8.54. The molecular weight excluding hydrogens is 533 g/mol. The Balaban J connectivity index is 1.25. The average molecular weight is 565 g/mol. The smallest absolute Gasteiger partial charge is 0.225 e. The number of anilines is 1. The summed E-state index contributed by atoms with van der Waals surface area (Å²) in [6.07, 6.45) is 5.49. The van der Waals surface area contributed by atoms with Crippen molar-refractivity contribution in [3.63, 3.8) is 0 Å². The lowest BCUT2D eigenvalue weighted by Crippen LogP contribution is -2.49. The quantitative estimate of drug-likeness (QED) is 0.367. The maximum absolute atomic E-state index is 13.7. The zero-order valence-corrected chi connectivity index (χ0v) is 23.4. The van der Waals surface area contributed by atoms with Gasteiger partial charge >= 0.3 is 0 Å². The van der Waals surface area contributed by atoms with Gasteiger partial charge in [0.05, 0.1) is 10.6 Å². The highest BCUT2D eigenvalue weighted by molar-refractivity contribution is 6.30. The minimum atomic E-state index is -0.0974. The minimum absolute atomic E-state index is 0.00556. The lowest BCUT2D eigenvalue weighted by Gasteiger charge is -2.43. The molecule has 0 N–H and O–H groups in total. The van der Waals surface area contributed by atoms with Crippen molar-refractivity contribution >= 4 is 34.9 Å². The van der Waals surface area contributed by atoms with E-state index < -0.39 is 0 Å². The van der Waals surface area contributed by atoms with Gasteiger partial charge in [0.15, 0.2) is 0 Å². The number of pyridine rings is 2. The molecule has 39 heavy (non-hydrogen) atoms. The summed E-state index contributed by atoms with van der Waals surface area (Å²) in [5.41, 5.74) is 1.70. The molecule has 0 aliphatic carbocycles. The summed E-state index contributed by atoms with van der Waals surface area (Å²) >= 11 is 12.2. The second-order valence-electron chi connectivity index (χ2n) is 10.3. The van der Waals surface area contributed by atoms with Crippen LogP contribution in [-0.4, -0.2) is 53.1 Å². The average Bonchev–Trinajstić information content (AvgIpc) is 2.98. The standard InChI is InChI=1S/C30H31Cl2N5O2/c1-20(39-29-9-7-25(32)18-35-29)26-12-15-37(19-27(26)22-3-5-24(31)6-4-22)30(38)23-10-13-36(14-11-23)28-8-2-21(16-33)17-34-28/h2-9,17-18,20,23,26-27H,10-15,19H2,1H3/t20-,26+,27+/m0/s1. The summed E-state index contributed by atoms with van der Waals surface area (Å²) in [4.78, 5) is 26.7. The van der Waals surface area contributed by atoms with E-state index in [1.54, 1.807) is 30.6 Å². The van der Waals surface area contributed by atoms with E-state index in [-0.39, 0.29) is 29.8 Å². The van der Waals surface area contributed by atoms with E-state index >= 15 is 0 Å². The van der Waals surface area contributed by atoms with Gasteiger partial charge in [-0.1, -0.05) is 35.3 Å². The summed E-state index contributed by atoms with van der Waals surface area (Å²) in [7, 11) is 0. The summed E-state index contributed by atoms with van der Waals surface area (Å²) in [6, 6.07) is 17.3. The van der Waals surface area contributed by atoms with Gasteiger partial charge in [0.25, 0.3) is 0 Å². The molecule has 2 aromatic heterocycles. The Morgan fingerprint density at radius 3 is 2.36 bits per heavy atom. The molecule has 2 fully saturated rings. The molecule has 7 nitrogen and oxygen atoms in total. The van der Waals surface area contributed by atoms with Crippen LogP contribution < -0.4 is 9.64 Å². The Bertz CT molecular complexity index is 1300. The third kappa shape index (κ3) is 6.46. The highest BCUT2D eigenvalue weighted by Crippen LogP contribution is 2.37. The van der Waals surface area contributed by atoms with E-state index in [9.17, 15) is 4.79 Å². The first-order chi connectivity index (χ1) is 18.9. The van der Waals surface area contributed by atoms with Gasteiger partial charge in [-0.15, -0.1) is 0 Å². The van der Waals surface area contributed by atoms with Gasteiger partial charge in [0.1, 0.15) is 18.0 Å². The maximum atomic E-state index is 13.7. The zero-order chi connectivity index (χ0) is 27.4. The Morgan fingerprint density at radius 1 is 0.974 bits per heavy atom. The maximum Gasteiger partial charge on any atom is 0.225 e. The SMILES string of the molecule is C[C@H](Oc1ccc(Cl)cn1)[C@H]1CCN(C(=O)C2CCN(c3ccc(C#N)cn3)CC2)C[C@@H]1c1ccc(Cl)cc1. The number of halogens is 2. The van der Waals surface area contributed by atoms with Gasteiger partial charge in [-0.3, -0.25) is 4.79 Å². The molecule has 1 aromatic carbocycles. The molecule has 4 heterocycles. The van der Waals surface area contributed by atoms with Crippen LogP contribution in [-0.2, 0) is 4.79 Å². The van der Waals surface area contributed by atoms with Crippen molar-refractivity contribution in [3.8, 4) is 11.9 Å². The fourth-order valence-corrected chi connectivity index (χ4v) is 6.00. The third-order valence-electron chi connectivity index (χ3n) is 7.93. The van der Waals surface area contributed by atoms with E-state index in [2.05, 4.69) is 40.0 Å². The van der Waals surface area contributed by atoms with Crippen LogP contribution in [0.4, 0.5) is 5.82 Å². The number of nitrogens with zero attached hydrogens (tertiary/aromatic N) is 5. The lowest BCUT2D eigenvalue weighted by molar-refractivity contribution is -0.138. The number of hydrogen-bond acceptors (Lipinski definition) is 6. The molecule has 3 atom stereocenters. The van der Waals surface area contributed by atoms with Crippen LogP contribution in [0.15, 0.2) is 60.9 Å². The largest absolute Gasteiger partial charge is 0.474 e. The van der Waals surface area contributed by atoms with Crippen LogP contribution >= 0.6 is 23.2 Å². The third-order valence-corrected chi connectivity index (χ3v) is 8.41. The molecule has 0 spiro atoms. The van der Waals surface area contributed by atoms with Crippen molar-refractivity contribution in [1.29, 1.82) is 5.26 Å². The van der Waals surface area contributed by atoms with Gasteiger partial charge in [-0.25, -0.2) is 9.97 Å². The molecular formula is C30H31Cl2N5O2. The van der Waals surface area contributed by atoms with Crippen LogP contribution in [0.3, 0.4) is 0 Å². The van der Waals surface area contributed by atoms with E-state index in [1.807, 2.05) is 23.1 Å². The molecule has 9 heteroatoms. The lowest BCUT2D eigenvalue weighted by atomic mass is 9.77. The fraction of sp³-hybridized carbons (Fsp3) is 0.400. The number of hydrogen-bond donors (Lipinski definition) is 0. The molecule has 5 rings (SSSR count). The summed E-state index contributed by atoms with van der Waals surface area (Å²) < 4.78 is 6.24. The Hall–Kier alpha value is -3.34. The van der Waals surface area contributed by atoms with Gasteiger partial charge in [0.2, 0.25) is 11.8 Å². The number of aromatic nitrogens is 2. The van der Waals surface area contributed by atoms with Crippen LogP contribution in [0.1, 0.15) is 43.2 Å². The van der Waals surface area contributed by atoms with E-state index in [0.717, 1.165) is 43.7 Å². The summed E-state index contributed by atoms with van der Waals surface area (Å²) in [6.45, 7) is 4.96. The number of carbonyl (C=O) groups is 1. The Labute approximate surface area is 239 Å². The van der Waals surface area contributed by atoms with Crippen molar-refractivity contribution in [2.75, 3.05) is 31.1 Å². The fourth-order valence-electron chi connectivity index (χ4n) is 5.76. The van der Waals surface area contributed by atoms with E-state index in [4.69, 9.17) is 33.2 Å². The van der Waals surface area contributed by atoms with Crippen LogP contribution in [0.2, 0.25) is 10.0 Å². The molecule has 2 saturated heterocycles. The first-order valence-corrected chi connectivity index (χ1v) is 14.1. The number of piperidine rings is 2. The molecule has 0 bridgehead atoms. The zero-order valence-electron chi connectivity index (χ0n) is 21.8.